The van der Waals surface area contributed by atoms with Crippen molar-refractivity contribution >= 4 is 5.97 Å². The molecule has 0 radical (unpaired) electrons. The SMILES string of the molecule is CCCC(CC)n1c(C)c(CC(=O)O)c(C)nc1=O. The summed E-state index contributed by atoms with van der Waals surface area (Å²) in [6, 6.07) is 0.0955. The molecule has 0 bridgehead atoms. The Bertz CT molecular complexity index is 520. The summed E-state index contributed by atoms with van der Waals surface area (Å²) >= 11 is 0. The van der Waals surface area contributed by atoms with Gasteiger partial charge in [0.05, 0.1) is 6.42 Å². The Hall–Kier alpha value is -1.65. The van der Waals surface area contributed by atoms with E-state index in [1.165, 1.54) is 0 Å². The smallest absolute Gasteiger partial charge is 0.348 e. The van der Waals surface area contributed by atoms with Crippen LogP contribution in [0.4, 0.5) is 0 Å². The molecule has 19 heavy (non-hydrogen) atoms. The van der Waals surface area contributed by atoms with Crippen molar-refractivity contribution in [3.8, 4) is 0 Å². The fourth-order valence-corrected chi connectivity index (χ4v) is 2.50. The Morgan fingerprint density at radius 1 is 1.37 bits per heavy atom. The summed E-state index contributed by atoms with van der Waals surface area (Å²) in [5.74, 6) is -0.901. The predicted octanol–water partition coefficient (Wildman–Crippen LogP) is 2.24. The van der Waals surface area contributed by atoms with Crippen molar-refractivity contribution < 1.29 is 9.90 Å². The van der Waals surface area contributed by atoms with E-state index >= 15 is 0 Å². The van der Waals surface area contributed by atoms with E-state index in [0.717, 1.165) is 25.0 Å². The van der Waals surface area contributed by atoms with Gasteiger partial charge in [-0.05, 0) is 26.7 Å². The van der Waals surface area contributed by atoms with E-state index in [-0.39, 0.29) is 18.2 Å². The summed E-state index contributed by atoms with van der Waals surface area (Å²) in [6.07, 6.45) is 2.63. The minimum atomic E-state index is -0.901. The Morgan fingerprint density at radius 3 is 2.47 bits per heavy atom. The molecule has 5 nitrogen and oxygen atoms in total. The minimum absolute atomic E-state index is 0.0898. The third-order valence-electron chi connectivity index (χ3n) is 3.49. The zero-order chi connectivity index (χ0) is 14.6. The van der Waals surface area contributed by atoms with Crippen molar-refractivity contribution in [2.45, 2.75) is 59.4 Å². The maximum atomic E-state index is 12.1. The highest BCUT2D eigenvalue weighted by Gasteiger charge is 2.18. The van der Waals surface area contributed by atoms with Crippen LogP contribution in [-0.2, 0) is 11.2 Å². The van der Waals surface area contributed by atoms with Gasteiger partial charge in [-0.15, -0.1) is 0 Å². The number of aliphatic carboxylic acids is 1. The lowest BCUT2D eigenvalue weighted by molar-refractivity contribution is -0.136. The van der Waals surface area contributed by atoms with Crippen LogP contribution in [0, 0.1) is 13.8 Å². The van der Waals surface area contributed by atoms with E-state index in [4.69, 9.17) is 5.11 Å². The third kappa shape index (κ3) is 3.43. The van der Waals surface area contributed by atoms with Gasteiger partial charge in [0.15, 0.2) is 0 Å². The van der Waals surface area contributed by atoms with Crippen LogP contribution in [0.2, 0.25) is 0 Å². The molecule has 1 N–H and O–H groups in total. The van der Waals surface area contributed by atoms with Crippen LogP contribution in [0.3, 0.4) is 0 Å². The van der Waals surface area contributed by atoms with Gasteiger partial charge in [-0.2, -0.15) is 4.98 Å². The second-order valence-electron chi connectivity index (χ2n) is 4.84. The van der Waals surface area contributed by atoms with Crippen LogP contribution in [0.5, 0.6) is 0 Å². The average molecular weight is 266 g/mol. The molecule has 5 heteroatoms. The molecule has 0 fully saturated rings. The molecule has 0 aliphatic heterocycles. The number of aryl methyl sites for hydroxylation is 1. The van der Waals surface area contributed by atoms with Crippen molar-refractivity contribution in [1.82, 2.24) is 9.55 Å². The largest absolute Gasteiger partial charge is 0.481 e. The number of hydrogen-bond donors (Lipinski definition) is 1. The quantitative estimate of drug-likeness (QED) is 0.857. The van der Waals surface area contributed by atoms with E-state index in [2.05, 4.69) is 11.9 Å². The number of aromatic nitrogens is 2. The first-order valence-electron chi connectivity index (χ1n) is 6.72. The fourth-order valence-electron chi connectivity index (χ4n) is 2.50. The standard InChI is InChI=1S/C14H22N2O3/c1-5-7-11(6-2)16-10(4)12(8-13(17)18)9(3)15-14(16)19/h11H,5-8H2,1-4H3,(H,17,18). The number of hydrogen-bond acceptors (Lipinski definition) is 3. The topological polar surface area (TPSA) is 72.2 Å². The van der Waals surface area contributed by atoms with E-state index in [1.54, 1.807) is 11.5 Å². The summed E-state index contributed by atoms with van der Waals surface area (Å²) in [4.78, 5) is 27.0. The number of carboxylic acids is 1. The second-order valence-corrected chi connectivity index (χ2v) is 4.84. The monoisotopic (exact) mass is 266 g/mol. The van der Waals surface area contributed by atoms with Gasteiger partial charge in [0.1, 0.15) is 0 Å². The lowest BCUT2D eigenvalue weighted by Crippen LogP contribution is -2.31. The van der Waals surface area contributed by atoms with Crippen LogP contribution >= 0.6 is 0 Å². The summed E-state index contributed by atoms with van der Waals surface area (Å²) < 4.78 is 1.66. The number of carbonyl (C=O) groups is 1. The summed E-state index contributed by atoms with van der Waals surface area (Å²) in [6.45, 7) is 7.61. The van der Waals surface area contributed by atoms with Gasteiger partial charge >= 0.3 is 11.7 Å². The first-order valence-corrected chi connectivity index (χ1v) is 6.72. The molecule has 0 saturated heterocycles. The normalized spacial score (nSPS) is 12.4. The summed E-state index contributed by atoms with van der Waals surface area (Å²) in [7, 11) is 0. The van der Waals surface area contributed by atoms with Crippen LogP contribution in [0.1, 0.15) is 56.1 Å². The molecule has 0 amide bonds. The molecule has 0 aliphatic rings. The first kappa shape index (κ1) is 15.4. The highest BCUT2D eigenvalue weighted by Crippen LogP contribution is 2.20. The maximum absolute atomic E-state index is 12.1. The molecule has 0 spiro atoms. The molecule has 0 aliphatic carbocycles. The summed E-state index contributed by atoms with van der Waals surface area (Å²) in [5, 5.41) is 8.96. The Balaban J connectivity index is 3.39. The van der Waals surface area contributed by atoms with Crippen molar-refractivity contribution in [1.29, 1.82) is 0 Å². The zero-order valence-corrected chi connectivity index (χ0v) is 12.1. The van der Waals surface area contributed by atoms with Crippen LogP contribution < -0.4 is 5.69 Å². The van der Waals surface area contributed by atoms with Gasteiger partial charge in [0, 0.05) is 23.0 Å². The minimum Gasteiger partial charge on any atom is -0.481 e. The van der Waals surface area contributed by atoms with Crippen molar-refractivity contribution in [2.75, 3.05) is 0 Å². The van der Waals surface area contributed by atoms with Crippen LogP contribution in [-0.4, -0.2) is 20.6 Å². The lowest BCUT2D eigenvalue weighted by Gasteiger charge is -2.22. The number of nitrogens with zero attached hydrogens (tertiary/aromatic N) is 2. The lowest BCUT2D eigenvalue weighted by atomic mass is 10.1. The average Bonchev–Trinajstić information content (AvgIpc) is 2.32. The first-order chi connectivity index (χ1) is 8.92. The van der Waals surface area contributed by atoms with E-state index < -0.39 is 5.97 Å². The predicted molar refractivity (Wildman–Crippen MR) is 73.5 cm³/mol. The van der Waals surface area contributed by atoms with E-state index in [0.29, 0.717) is 11.3 Å². The molecule has 1 heterocycles. The Morgan fingerprint density at radius 2 is 2.00 bits per heavy atom. The molecule has 1 aromatic heterocycles. The van der Waals surface area contributed by atoms with Gasteiger partial charge in [0.2, 0.25) is 0 Å². The molecule has 1 atom stereocenters. The molecular weight excluding hydrogens is 244 g/mol. The highest BCUT2D eigenvalue weighted by molar-refractivity contribution is 5.70. The molecule has 0 aromatic carbocycles. The number of carboxylic acid groups (broad SMARTS) is 1. The van der Waals surface area contributed by atoms with Gasteiger partial charge in [-0.1, -0.05) is 20.3 Å². The van der Waals surface area contributed by atoms with Crippen molar-refractivity contribution in [3.05, 3.63) is 27.4 Å². The highest BCUT2D eigenvalue weighted by atomic mass is 16.4. The second kappa shape index (κ2) is 6.50. The van der Waals surface area contributed by atoms with Gasteiger partial charge in [-0.3, -0.25) is 9.36 Å². The third-order valence-corrected chi connectivity index (χ3v) is 3.49. The molecular formula is C14H22N2O3. The van der Waals surface area contributed by atoms with E-state index in [1.807, 2.05) is 13.8 Å². The van der Waals surface area contributed by atoms with Crippen LogP contribution in [0.25, 0.3) is 0 Å². The Kier molecular flexibility index (Phi) is 5.27. The molecule has 1 aromatic rings. The summed E-state index contributed by atoms with van der Waals surface area (Å²) in [5.41, 5.74) is 1.64. The van der Waals surface area contributed by atoms with Gasteiger partial charge in [-0.25, -0.2) is 4.79 Å². The fraction of sp³-hybridized carbons (Fsp3) is 0.643. The zero-order valence-electron chi connectivity index (χ0n) is 12.1. The van der Waals surface area contributed by atoms with Gasteiger partial charge < -0.3 is 5.11 Å². The van der Waals surface area contributed by atoms with Crippen molar-refractivity contribution in [2.24, 2.45) is 0 Å². The molecule has 1 unspecified atom stereocenters. The van der Waals surface area contributed by atoms with E-state index in [9.17, 15) is 9.59 Å². The Labute approximate surface area is 113 Å². The molecule has 106 valence electrons. The maximum Gasteiger partial charge on any atom is 0.348 e. The molecule has 1 rings (SSSR count). The van der Waals surface area contributed by atoms with Crippen LogP contribution in [0.15, 0.2) is 4.79 Å². The number of rotatable bonds is 6. The van der Waals surface area contributed by atoms with Gasteiger partial charge in [0.25, 0.3) is 0 Å². The van der Waals surface area contributed by atoms with Crippen molar-refractivity contribution in [3.63, 3.8) is 0 Å². The molecule has 0 saturated carbocycles.